The number of amides is 1. The molecule has 0 unspecified atom stereocenters. The van der Waals surface area contributed by atoms with E-state index in [4.69, 9.17) is 9.47 Å². The summed E-state index contributed by atoms with van der Waals surface area (Å²) in [6.07, 6.45) is -0.242. The number of rotatable bonds is 9. The molecule has 0 saturated heterocycles. The predicted molar refractivity (Wildman–Crippen MR) is 126 cm³/mol. The SMILES string of the molecule is CCOc1ccccc1NC(=O)[C@H](OC(=O)c1cccc(NS(C)(=O)=O)c1)c1ccccc1. The van der Waals surface area contributed by atoms with E-state index in [1.165, 1.54) is 24.3 Å². The molecule has 0 aliphatic carbocycles. The molecular formula is C24H24N2O6S. The van der Waals surface area contributed by atoms with Gasteiger partial charge >= 0.3 is 5.97 Å². The highest BCUT2D eigenvalue weighted by atomic mass is 32.2. The summed E-state index contributed by atoms with van der Waals surface area (Å²) < 4.78 is 36.4. The average molecular weight is 469 g/mol. The maximum atomic E-state index is 13.2. The van der Waals surface area contributed by atoms with Crippen molar-refractivity contribution in [3.63, 3.8) is 0 Å². The van der Waals surface area contributed by atoms with Crippen LogP contribution in [-0.4, -0.2) is 33.2 Å². The number of hydrogen-bond donors (Lipinski definition) is 2. The van der Waals surface area contributed by atoms with Crippen molar-refractivity contribution in [2.45, 2.75) is 13.0 Å². The fraction of sp³-hybridized carbons (Fsp3) is 0.167. The fourth-order valence-electron chi connectivity index (χ4n) is 3.05. The van der Waals surface area contributed by atoms with Crippen molar-refractivity contribution in [1.29, 1.82) is 0 Å². The van der Waals surface area contributed by atoms with Gasteiger partial charge in [-0.2, -0.15) is 0 Å². The highest BCUT2D eigenvalue weighted by Gasteiger charge is 2.26. The Hall–Kier alpha value is -3.85. The number of hydrogen-bond acceptors (Lipinski definition) is 6. The molecule has 1 atom stereocenters. The summed E-state index contributed by atoms with van der Waals surface area (Å²) in [4.78, 5) is 26.0. The van der Waals surface area contributed by atoms with Gasteiger partial charge in [-0.15, -0.1) is 0 Å². The smallest absolute Gasteiger partial charge is 0.339 e. The van der Waals surface area contributed by atoms with Gasteiger partial charge < -0.3 is 14.8 Å². The Morgan fingerprint density at radius 1 is 0.939 bits per heavy atom. The number of para-hydroxylation sites is 2. The molecule has 9 heteroatoms. The molecule has 0 aliphatic rings. The molecule has 0 fully saturated rings. The third-order valence-corrected chi connectivity index (χ3v) is 5.02. The molecule has 0 radical (unpaired) electrons. The summed E-state index contributed by atoms with van der Waals surface area (Å²) in [6, 6.07) is 21.4. The molecule has 0 saturated carbocycles. The Bertz CT molecular complexity index is 1230. The monoisotopic (exact) mass is 468 g/mol. The van der Waals surface area contributed by atoms with Crippen molar-refractivity contribution in [2.24, 2.45) is 0 Å². The molecular weight excluding hydrogens is 444 g/mol. The van der Waals surface area contributed by atoms with Crippen LogP contribution in [0.2, 0.25) is 0 Å². The number of benzene rings is 3. The van der Waals surface area contributed by atoms with Crippen LogP contribution in [0.3, 0.4) is 0 Å². The van der Waals surface area contributed by atoms with E-state index in [1.54, 1.807) is 54.6 Å². The Labute approximate surface area is 192 Å². The van der Waals surface area contributed by atoms with E-state index in [0.29, 0.717) is 23.6 Å². The predicted octanol–water partition coefficient (Wildman–Crippen LogP) is 3.99. The topological polar surface area (TPSA) is 111 Å². The lowest BCUT2D eigenvalue weighted by atomic mass is 10.1. The quantitative estimate of drug-likeness (QED) is 0.460. The van der Waals surface area contributed by atoms with Crippen LogP contribution in [0.5, 0.6) is 5.75 Å². The summed E-state index contributed by atoms with van der Waals surface area (Å²) in [5.41, 5.74) is 1.22. The molecule has 0 heterocycles. The molecule has 3 aromatic rings. The van der Waals surface area contributed by atoms with Gasteiger partial charge in [-0.1, -0.05) is 48.5 Å². The van der Waals surface area contributed by atoms with E-state index >= 15 is 0 Å². The number of nitrogens with one attached hydrogen (secondary N) is 2. The van der Waals surface area contributed by atoms with Gasteiger partial charge in [0.2, 0.25) is 16.1 Å². The van der Waals surface area contributed by atoms with Gasteiger partial charge in [-0.05, 0) is 37.3 Å². The largest absolute Gasteiger partial charge is 0.492 e. The first kappa shape index (κ1) is 23.8. The van der Waals surface area contributed by atoms with Gasteiger partial charge in [0.1, 0.15) is 5.75 Å². The second kappa shape index (κ2) is 10.6. The molecule has 0 spiro atoms. The van der Waals surface area contributed by atoms with Crippen molar-refractivity contribution in [2.75, 3.05) is 22.9 Å². The summed E-state index contributed by atoms with van der Waals surface area (Å²) in [5, 5.41) is 2.76. The molecule has 0 aliphatic heterocycles. The van der Waals surface area contributed by atoms with Crippen molar-refractivity contribution in [3.8, 4) is 5.75 Å². The number of carbonyl (C=O) groups excluding carboxylic acids is 2. The van der Waals surface area contributed by atoms with Gasteiger partial charge in [-0.25, -0.2) is 13.2 Å². The summed E-state index contributed by atoms with van der Waals surface area (Å²) in [6.45, 7) is 2.25. The standard InChI is InChI=1S/C24H24N2O6S/c1-3-31-21-15-8-7-14-20(21)25-23(27)22(17-10-5-4-6-11-17)32-24(28)18-12-9-13-19(16-18)26-33(2,29)30/h4-16,22,26H,3H2,1-2H3,(H,25,27)/t22-/m1/s1. The second-order valence-electron chi connectivity index (χ2n) is 7.07. The zero-order valence-corrected chi connectivity index (χ0v) is 19.0. The minimum Gasteiger partial charge on any atom is -0.492 e. The summed E-state index contributed by atoms with van der Waals surface area (Å²) in [7, 11) is -3.52. The molecule has 172 valence electrons. The van der Waals surface area contributed by atoms with E-state index in [1.807, 2.05) is 6.92 Å². The van der Waals surface area contributed by atoms with Crippen LogP contribution >= 0.6 is 0 Å². The Morgan fingerprint density at radius 3 is 2.33 bits per heavy atom. The van der Waals surface area contributed by atoms with Crippen molar-refractivity contribution in [1.82, 2.24) is 0 Å². The van der Waals surface area contributed by atoms with Crippen LogP contribution in [0.1, 0.15) is 28.9 Å². The molecule has 0 bridgehead atoms. The van der Waals surface area contributed by atoms with Crippen LogP contribution in [0.4, 0.5) is 11.4 Å². The third-order valence-electron chi connectivity index (χ3n) is 4.41. The van der Waals surface area contributed by atoms with E-state index in [9.17, 15) is 18.0 Å². The maximum Gasteiger partial charge on any atom is 0.339 e. The van der Waals surface area contributed by atoms with Gasteiger partial charge in [0, 0.05) is 11.3 Å². The minimum absolute atomic E-state index is 0.0899. The average Bonchev–Trinajstić information content (AvgIpc) is 2.78. The fourth-order valence-corrected chi connectivity index (χ4v) is 3.60. The maximum absolute atomic E-state index is 13.2. The molecule has 0 aromatic heterocycles. The molecule has 3 aromatic carbocycles. The lowest BCUT2D eigenvalue weighted by molar-refractivity contribution is -0.125. The van der Waals surface area contributed by atoms with Crippen molar-refractivity contribution >= 4 is 33.3 Å². The highest BCUT2D eigenvalue weighted by molar-refractivity contribution is 7.92. The van der Waals surface area contributed by atoms with Crippen molar-refractivity contribution < 1.29 is 27.5 Å². The molecule has 2 N–H and O–H groups in total. The summed E-state index contributed by atoms with van der Waals surface area (Å²) >= 11 is 0. The molecule has 3 rings (SSSR count). The van der Waals surface area contributed by atoms with Crippen LogP contribution in [0, 0.1) is 0 Å². The zero-order valence-electron chi connectivity index (χ0n) is 18.1. The van der Waals surface area contributed by atoms with E-state index in [2.05, 4.69) is 10.0 Å². The number of anilines is 2. The Balaban J connectivity index is 1.86. The van der Waals surface area contributed by atoms with E-state index in [0.717, 1.165) is 6.26 Å². The first-order valence-corrected chi connectivity index (χ1v) is 12.0. The van der Waals surface area contributed by atoms with Crippen LogP contribution in [0.15, 0.2) is 78.9 Å². The first-order chi connectivity index (χ1) is 15.8. The normalized spacial score (nSPS) is 11.8. The van der Waals surface area contributed by atoms with Gasteiger partial charge in [0.15, 0.2) is 0 Å². The Morgan fingerprint density at radius 2 is 1.64 bits per heavy atom. The van der Waals surface area contributed by atoms with Crippen LogP contribution < -0.4 is 14.8 Å². The molecule has 1 amide bonds. The highest BCUT2D eigenvalue weighted by Crippen LogP contribution is 2.27. The van der Waals surface area contributed by atoms with Gasteiger partial charge in [-0.3, -0.25) is 9.52 Å². The van der Waals surface area contributed by atoms with Gasteiger partial charge in [0.05, 0.1) is 24.1 Å². The summed E-state index contributed by atoms with van der Waals surface area (Å²) in [5.74, 6) is -0.854. The first-order valence-electron chi connectivity index (χ1n) is 10.1. The Kier molecular flexibility index (Phi) is 7.68. The number of sulfonamides is 1. The second-order valence-corrected chi connectivity index (χ2v) is 8.82. The van der Waals surface area contributed by atoms with Crippen molar-refractivity contribution in [3.05, 3.63) is 90.0 Å². The van der Waals surface area contributed by atoms with Crippen LogP contribution in [0.25, 0.3) is 0 Å². The third kappa shape index (κ3) is 6.81. The molecule has 33 heavy (non-hydrogen) atoms. The number of carbonyl (C=O) groups is 2. The van der Waals surface area contributed by atoms with Crippen LogP contribution in [-0.2, 0) is 19.6 Å². The van der Waals surface area contributed by atoms with E-state index < -0.39 is 28.0 Å². The van der Waals surface area contributed by atoms with Gasteiger partial charge in [0.25, 0.3) is 5.91 Å². The minimum atomic E-state index is -3.52. The molecule has 8 nitrogen and oxygen atoms in total. The lowest BCUT2D eigenvalue weighted by Gasteiger charge is -2.19. The number of esters is 1. The lowest BCUT2D eigenvalue weighted by Crippen LogP contribution is -2.26. The number of ether oxygens (including phenoxy) is 2. The zero-order chi connectivity index (χ0) is 23.8. The van der Waals surface area contributed by atoms with E-state index in [-0.39, 0.29) is 11.3 Å².